The molecule has 2 N–H and O–H groups in total. The van der Waals surface area contributed by atoms with Gasteiger partial charge < -0.3 is 19.7 Å². The number of phenols is 2. The number of aromatic hydroxyl groups is 2. The lowest BCUT2D eigenvalue weighted by Crippen LogP contribution is -2.31. The van der Waals surface area contributed by atoms with Crippen molar-refractivity contribution in [1.29, 1.82) is 0 Å². The van der Waals surface area contributed by atoms with Gasteiger partial charge in [-0.05, 0) is 22.8 Å². The van der Waals surface area contributed by atoms with E-state index in [-0.39, 0.29) is 36.7 Å². The Bertz CT molecular complexity index is 960. The van der Waals surface area contributed by atoms with Gasteiger partial charge in [0.25, 0.3) is 0 Å². The molecule has 32 heavy (non-hydrogen) atoms. The highest BCUT2D eigenvalue weighted by Gasteiger charge is 2.31. The molecule has 0 fully saturated rings. The monoisotopic (exact) mass is 434 g/mol. The van der Waals surface area contributed by atoms with E-state index in [2.05, 4.69) is 0 Å². The molecule has 3 aromatic rings. The normalized spacial score (nSPS) is 10.7. The molecule has 0 saturated heterocycles. The molecular weight excluding hydrogens is 408 g/mol. The lowest BCUT2D eigenvalue weighted by atomic mass is 9.98. The zero-order valence-electron chi connectivity index (χ0n) is 17.6. The van der Waals surface area contributed by atoms with Gasteiger partial charge in [-0.3, -0.25) is 9.59 Å². The zero-order valence-corrected chi connectivity index (χ0v) is 17.6. The lowest BCUT2D eigenvalue weighted by molar-refractivity contribution is -0.162. The van der Waals surface area contributed by atoms with Gasteiger partial charge in [0.1, 0.15) is 0 Å². The molecule has 166 valence electrons. The van der Waals surface area contributed by atoms with E-state index >= 15 is 0 Å². The van der Waals surface area contributed by atoms with Crippen molar-refractivity contribution in [3.8, 4) is 11.5 Å². The van der Waals surface area contributed by atoms with Crippen LogP contribution < -0.4 is 0 Å². The zero-order chi connectivity index (χ0) is 22.8. The largest absolute Gasteiger partial charge is 0.504 e. The number of carbonyl (C=O) groups is 2. The SMILES string of the molecule is O=C(OCCc1ccccc1)C(Cc1cccc(O)c1O)C(=O)OCCc1ccccc1. The van der Waals surface area contributed by atoms with E-state index < -0.39 is 17.9 Å². The highest BCUT2D eigenvalue weighted by atomic mass is 16.6. The van der Waals surface area contributed by atoms with E-state index in [0.717, 1.165) is 11.1 Å². The Morgan fingerprint density at radius 1 is 0.688 bits per heavy atom. The molecule has 3 aromatic carbocycles. The van der Waals surface area contributed by atoms with Crippen molar-refractivity contribution in [1.82, 2.24) is 0 Å². The van der Waals surface area contributed by atoms with Crippen LogP contribution in [0.3, 0.4) is 0 Å². The molecule has 6 nitrogen and oxygen atoms in total. The van der Waals surface area contributed by atoms with E-state index in [9.17, 15) is 19.8 Å². The van der Waals surface area contributed by atoms with Gasteiger partial charge in [-0.25, -0.2) is 0 Å². The number of carbonyl (C=O) groups excluding carboxylic acids is 2. The van der Waals surface area contributed by atoms with Gasteiger partial charge in [0.05, 0.1) is 13.2 Å². The second-order valence-corrected chi connectivity index (χ2v) is 7.35. The maximum absolute atomic E-state index is 12.7. The topological polar surface area (TPSA) is 93.1 Å². The summed E-state index contributed by atoms with van der Waals surface area (Å²) in [5.41, 5.74) is 2.27. The summed E-state index contributed by atoms with van der Waals surface area (Å²) in [6.07, 6.45) is 0.883. The molecule has 0 spiro atoms. The van der Waals surface area contributed by atoms with Crippen molar-refractivity contribution in [2.75, 3.05) is 13.2 Å². The minimum atomic E-state index is -1.26. The third-order valence-electron chi connectivity index (χ3n) is 5.05. The molecule has 0 atom stereocenters. The lowest BCUT2D eigenvalue weighted by Gasteiger charge is -2.16. The van der Waals surface area contributed by atoms with Crippen LogP contribution in [0.25, 0.3) is 0 Å². The standard InChI is InChI=1S/C26H26O6/c27-23-13-7-12-21(24(23)28)18-22(25(29)31-16-14-19-8-3-1-4-9-19)26(30)32-17-15-20-10-5-2-6-11-20/h1-13,22,27-28H,14-18H2. The smallest absolute Gasteiger partial charge is 0.320 e. The van der Waals surface area contributed by atoms with Gasteiger partial charge in [-0.1, -0.05) is 72.8 Å². The first kappa shape index (κ1) is 22.9. The fourth-order valence-electron chi connectivity index (χ4n) is 3.25. The Balaban J connectivity index is 1.64. The van der Waals surface area contributed by atoms with Crippen LogP contribution in [-0.2, 0) is 38.3 Å². The van der Waals surface area contributed by atoms with Crippen molar-refractivity contribution in [3.63, 3.8) is 0 Å². The van der Waals surface area contributed by atoms with Crippen molar-refractivity contribution >= 4 is 11.9 Å². The average Bonchev–Trinajstić information content (AvgIpc) is 2.81. The molecule has 0 bridgehead atoms. The quantitative estimate of drug-likeness (QED) is 0.286. The Hall–Kier alpha value is -3.80. The van der Waals surface area contributed by atoms with Crippen molar-refractivity contribution < 1.29 is 29.3 Å². The number of benzene rings is 3. The summed E-state index contributed by atoms with van der Waals surface area (Å²) in [4.78, 5) is 25.5. The molecule has 0 aliphatic rings. The van der Waals surface area contributed by atoms with Gasteiger partial charge in [-0.15, -0.1) is 0 Å². The molecule has 0 amide bonds. The van der Waals surface area contributed by atoms with Crippen molar-refractivity contribution in [3.05, 3.63) is 95.6 Å². The third kappa shape index (κ3) is 6.60. The average molecular weight is 434 g/mol. The van der Waals surface area contributed by atoms with Crippen molar-refractivity contribution in [2.24, 2.45) is 5.92 Å². The molecule has 0 saturated carbocycles. The summed E-state index contributed by atoms with van der Waals surface area (Å²) in [7, 11) is 0. The molecule has 3 rings (SSSR count). The first-order valence-corrected chi connectivity index (χ1v) is 10.5. The Labute approximate surface area is 187 Å². The van der Waals surface area contributed by atoms with E-state index in [1.165, 1.54) is 18.2 Å². The van der Waals surface area contributed by atoms with Crippen LogP contribution in [0, 0.1) is 5.92 Å². The summed E-state index contributed by atoms with van der Waals surface area (Å²) in [6, 6.07) is 23.5. The number of ether oxygens (including phenoxy) is 2. The summed E-state index contributed by atoms with van der Waals surface area (Å²) in [6.45, 7) is 0.228. The summed E-state index contributed by atoms with van der Waals surface area (Å²) < 4.78 is 10.7. The van der Waals surface area contributed by atoms with Crippen molar-refractivity contribution in [2.45, 2.75) is 19.3 Å². The predicted octanol–water partition coefficient (Wildman–Crippen LogP) is 3.83. The van der Waals surface area contributed by atoms with Crippen LogP contribution in [0.5, 0.6) is 11.5 Å². The van der Waals surface area contributed by atoms with Crippen LogP contribution in [0.4, 0.5) is 0 Å². The van der Waals surface area contributed by atoms with Gasteiger partial charge in [0.2, 0.25) is 0 Å². The van der Waals surface area contributed by atoms with Gasteiger partial charge in [0, 0.05) is 19.3 Å². The van der Waals surface area contributed by atoms with Crippen LogP contribution >= 0.6 is 0 Å². The molecule has 0 unspecified atom stereocenters. The number of rotatable bonds is 10. The van der Waals surface area contributed by atoms with Crippen LogP contribution in [0.2, 0.25) is 0 Å². The molecule has 0 radical (unpaired) electrons. The molecular formula is C26H26O6. The number of hydrogen-bond acceptors (Lipinski definition) is 6. The Morgan fingerprint density at radius 2 is 1.19 bits per heavy atom. The van der Waals surface area contributed by atoms with E-state index in [1.807, 2.05) is 60.7 Å². The van der Waals surface area contributed by atoms with Gasteiger partial charge in [0.15, 0.2) is 17.4 Å². The fourth-order valence-corrected chi connectivity index (χ4v) is 3.25. The maximum Gasteiger partial charge on any atom is 0.320 e. The van der Waals surface area contributed by atoms with Gasteiger partial charge >= 0.3 is 11.9 Å². The summed E-state index contributed by atoms with van der Waals surface area (Å²) in [5.74, 6) is -3.40. The molecule has 0 aliphatic carbocycles. The van der Waals surface area contributed by atoms with Crippen LogP contribution in [0.15, 0.2) is 78.9 Å². The second-order valence-electron chi connectivity index (χ2n) is 7.35. The fraction of sp³-hybridized carbons (Fsp3) is 0.231. The molecule has 0 aromatic heterocycles. The first-order valence-electron chi connectivity index (χ1n) is 10.5. The van der Waals surface area contributed by atoms with Crippen LogP contribution in [-0.4, -0.2) is 35.4 Å². The van der Waals surface area contributed by atoms with E-state index in [0.29, 0.717) is 12.8 Å². The third-order valence-corrected chi connectivity index (χ3v) is 5.05. The summed E-state index contributed by atoms with van der Waals surface area (Å²) >= 11 is 0. The van der Waals surface area contributed by atoms with Crippen LogP contribution in [0.1, 0.15) is 16.7 Å². The van der Waals surface area contributed by atoms with E-state index in [4.69, 9.17) is 9.47 Å². The number of hydrogen-bond donors (Lipinski definition) is 2. The number of phenolic OH excluding ortho intramolecular Hbond substituents is 2. The Kier molecular flexibility index (Phi) is 8.26. The number of esters is 2. The summed E-state index contributed by atoms with van der Waals surface area (Å²) in [5, 5.41) is 19.8. The van der Waals surface area contributed by atoms with Gasteiger partial charge in [-0.2, -0.15) is 0 Å². The Morgan fingerprint density at radius 3 is 1.69 bits per heavy atom. The predicted molar refractivity (Wildman–Crippen MR) is 119 cm³/mol. The highest BCUT2D eigenvalue weighted by molar-refractivity contribution is 5.95. The van der Waals surface area contributed by atoms with E-state index in [1.54, 1.807) is 0 Å². The second kappa shape index (κ2) is 11.6. The molecule has 6 heteroatoms. The highest BCUT2D eigenvalue weighted by Crippen LogP contribution is 2.30. The minimum Gasteiger partial charge on any atom is -0.504 e. The minimum absolute atomic E-state index is 0.114. The molecule has 0 aliphatic heterocycles. The first-order chi connectivity index (χ1) is 15.5. The maximum atomic E-state index is 12.7. The number of para-hydroxylation sites is 1. The molecule has 0 heterocycles.